The van der Waals surface area contributed by atoms with Crippen LogP contribution in [0.25, 0.3) is 0 Å². The number of carboxylic acids is 1. The lowest BCUT2D eigenvalue weighted by Gasteiger charge is -2.30. The summed E-state index contributed by atoms with van der Waals surface area (Å²) in [4.78, 5) is 10.7. The number of ether oxygens (including phenoxy) is 2. The highest BCUT2D eigenvalue weighted by Crippen LogP contribution is 2.22. The van der Waals surface area contributed by atoms with Gasteiger partial charge in [-0.15, -0.1) is 0 Å². The molecule has 1 aromatic rings. The summed E-state index contributed by atoms with van der Waals surface area (Å²) >= 11 is 0. The zero-order chi connectivity index (χ0) is 14.4. The van der Waals surface area contributed by atoms with E-state index in [2.05, 4.69) is 0 Å². The molecular weight excluding hydrogens is 260 g/mol. The normalized spacial score (nSPS) is 22.6. The summed E-state index contributed by atoms with van der Waals surface area (Å²) in [5.41, 5.74) is 2.14. The Hall–Kier alpha value is -1.43. The van der Waals surface area contributed by atoms with Crippen LogP contribution in [-0.4, -0.2) is 42.3 Å². The van der Waals surface area contributed by atoms with Gasteiger partial charge in [0.25, 0.3) is 0 Å². The maximum atomic E-state index is 10.7. The summed E-state index contributed by atoms with van der Waals surface area (Å²) in [7, 11) is 0. The topological polar surface area (TPSA) is 76.0 Å². The van der Waals surface area contributed by atoms with Gasteiger partial charge in [0.15, 0.2) is 0 Å². The first kappa shape index (κ1) is 15.0. The van der Waals surface area contributed by atoms with E-state index in [0.717, 1.165) is 17.5 Å². The summed E-state index contributed by atoms with van der Waals surface area (Å²) in [6.45, 7) is 0.756. The molecular formula is C15H20O5. The van der Waals surface area contributed by atoms with Crippen LogP contribution in [0.3, 0.4) is 0 Å². The zero-order valence-corrected chi connectivity index (χ0v) is 11.3. The molecule has 0 bridgehead atoms. The van der Waals surface area contributed by atoms with Crippen molar-refractivity contribution >= 4 is 5.97 Å². The second kappa shape index (κ2) is 7.38. The van der Waals surface area contributed by atoms with Crippen molar-refractivity contribution in [3.63, 3.8) is 0 Å². The molecule has 1 aromatic carbocycles. The molecule has 2 N–H and O–H groups in total. The number of carboxylic acid groups (broad SMARTS) is 1. The second-order valence-corrected chi connectivity index (χ2v) is 5.00. The first-order valence-corrected chi connectivity index (χ1v) is 6.79. The largest absolute Gasteiger partial charge is 0.481 e. The average molecular weight is 280 g/mol. The summed E-state index contributed by atoms with van der Waals surface area (Å²) < 4.78 is 10.7. The Labute approximate surface area is 118 Å². The molecule has 0 radical (unpaired) electrons. The summed E-state index contributed by atoms with van der Waals surface area (Å²) in [6, 6.07) is 7.81. The van der Waals surface area contributed by atoms with Crippen LogP contribution in [0.2, 0.25) is 0 Å². The van der Waals surface area contributed by atoms with Crippen molar-refractivity contribution in [2.24, 2.45) is 5.92 Å². The van der Waals surface area contributed by atoms with Crippen LogP contribution >= 0.6 is 0 Å². The predicted octanol–water partition coefficient (Wildman–Crippen LogP) is 1.23. The van der Waals surface area contributed by atoms with E-state index in [0.29, 0.717) is 13.0 Å². The van der Waals surface area contributed by atoms with Gasteiger partial charge in [0.05, 0.1) is 19.3 Å². The summed E-state index contributed by atoms with van der Waals surface area (Å²) in [6.07, 6.45) is 1.15. The molecule has 110 valence electrons. The highest BCUT2D eigenvalue weighted by atomic mass is 16.7. The van der Waals surface area contributed by atoms with Gasteiger partial charge in [-0.2, -0.15) is 0 Å². The number of hydrogen-bond acceptors (Lipinski definition) is 4. The number of aliphatic hydroxyl groups is 1. The Morgan fingerprint density at radius 3 is 2.75 bits per heavy atom. The van der Waals surface area contributed by atoms with Crippen molar-refractivity contribution < 1.29 is 24.5 Å². The van der Waals surface area contributed by atoms with Crippen molar-refractivity contribution in [1.29, 1.82) is 0 Å². The lowest BCUT2D eigenvalue weighted by molar-refractivity contribution is -0.180. The molecule has 1 aliphatic rings. The van der Waals surface area contributed by atoms with Gasteiger partial charge >= 0.3 is 5.97 Å². The van der Waals surface area contributed by atoms with Gasteiger partial charge in [-0.05, 0) is 24.0 Å². The molecule has 2 atom stereocenters. The standard InChI is InChI=1S/C15H20O5/c16-8-14-13(9-19-10-20-14)7-12-4-2-1-3-11(12)5-6-15(17)18/h1-4,13-14,16H,5-10H2,(H,17,18). The summed E-state index contributed by atoms with van der Waals surface area (Å²) in [5.74, 6) is -0.697. The molecule has 5 nitrogen and oxygen atoms in total. The minimum absolute atomic E-state index is 0.0225. The van der Waals surface area contributed by atoms with Crippen molar-refractivity contribution in [2.45, 2.75) is 25.4 Å². The Kier molecular flexibility index (Phi) is 5.52. The maximum absolute atomic E-state index is 10.7. The number of benzene rings is 1. The van der Waals surface area contributed by atoms with Crippen LogP contribution in [0.4, 0.5) is 0 Å². The second-order valence-electron chi connectivity index (χ2n) is 5.00. The Morgan fingerprint density at radius 1 is 1.30 bits per heavy atom. The van der Waals surface area contributed by atoms with Gasteiger partial charge < -0.3 is 19.7 Å². The van der Waals surface area contributed by atoms with Gasteiger partial charge in [0, 0.05) is 12.3 Å². The molecule has 0 saturated carbocycles. The first-order chi connectivity index (χ1) is 9.70. The molecule has 2 rings (SSSR count). The Bertz CT molecular complexity index is 446. The van der Waals surface area contributed by atoms with Gasteiger partial charge in [-0.1, -0.05) is 24.3 Å². The summed E-state index contributed by atoms with van der Waals surface area (Å²) in [5, 5.41) is 18.1. The first-order valence-electron chi connectivity index (χ1n) is 6.79. The molecule has 0 aliphatic carbocycles. The molecule has 1 saturated heterocycles. The van der Waals surface area contributed by atoms with Crippen molar-refractivity contribution in [3.05, 3.63) is 35.4 Å². The number of aliphatic carboxylic acids is 1. The van der Waals surface area contributed by atoms with Crippen molar-refractivity contribution in [1.82, 2.24) is 0 Å². The SMILES string of the molecule is O=C(O)CCc1ccccc1CC1COCOC1CO. The number of aryl methyl sites for hydroxylation is 1. The van der Waals surface area contributed by atoms with Crippen LogP contribution in [0.15, 0.2) is 24.3 Å². The number of carbonyl (C=O) groups is 1. The Balaban J connectivity index is 2.05. The molecule has 1 fully saturated rings. The van der Waals surface area contributed by atoms with E-state index < -0.39 is 5.97 Å². The number of hydrogen-bond donors (Lipinski definition) is 2. The van der Waals surface area contributed by atoms with Crippen molar-refractivity contribution in [3.8, 4) is 0 Å². The third-order valence-corrected chi connectivity index (χ3v) is 3.61. The smallest absolute Gasteiger partial charge is 0.303 e. The minimum Gasteiger partial charge on any atom is -0.481 e. The van der Waals surface area contributed by atoms with E-state index in [1.165, 1.54) is 0 Å². The van der Waals surface area contributed by atoms with E-state index in [9.17, 15) is 9.90 Å². The molecule has 5 heteroatoms. The van der Waals surface area contributed by atoms with Gasteiger partial charge in [0.2, 0.25) is 0 Å². The Morgan fingerprint density at radius 2 is 2.05 bits per heavy atom. The fourth-order valence-electron chi connectivity index (χ4n) is 2.50. The van der Waals surface area contributed by atoms with E-state index in [4.69, 9.17) is 14.6 Å². The van der Waals surface area contributed by atoms with E-state index >= 15 is 0 Å². The minimum atomic E-state index is -0.794. The molecule has 1 aliphatic heterocycles. The van der Waals surface area contributed by atoms with E-state index in [1.54, 1.807) is 0 Å². The van der Waals surface area contributed by atoms with Crippen LogP contribution < -0.4 is 0 Å². The van der Waals surface area contributed by atoms with Gasteiger partial charge in [-0.3, -0.25) is 4.79 Å². The van der Waals surface area contributed by atoms with Crippen LogP contribution in [0.1, 0.15) is 17.5 Å². The molecule has 0 amide bonds. The predicted molar refractivity (Wildman–Crippen MR) is 72.4 cm³/mol. The van der Waals surface area contributed by atoms with Gasteiger partial charge in [-0.25, -0.2) is 0 Å². The third kappa shape index (κ3) is 4.03. The van der Waals surface area contributed by atoms with Crippen LogP contribution in [0.5, 0.6) is 0 Å². The highest BCUT2D eigenvalue weighted by Gasteiger charge is 2.26. The fraction of sp³-hybridized carbons (Fsp3) is 0.533. The molecule has 0 spiro atoms. The fourth-order valence-corrected chi connectivity index (χ4v) is 2.50. The quantitative estimate of drug-likeness (QED) is 0.819. The highest BCUT2D eigenvalue weighted by molar-refractivity contribution is 5.67. The zero-order valence-electron chi connectivity index (χ0n) is 11.3. The lowest BCUT2D eigenvalue weighted by Crippen LogP contribution is -2.38. The van der Waals surface area contributed by atoms with Crippen LogP contribution in [-0.2, 0) is 27.1 Å². The maximum Gasteiger partial charge on any atom is 0.303 e. The third-order valence-electron chi connectivity index (χ3n) is 3.61. The molecule has 1 heterocycles. The van der Waals surface area contributed by atoms with E-state index in [-0.39, 0.29) is 31.8 Å². The number of rotatable bonds is 6. The van der Waals surface area contributed by atoms with E-state index in [1.807, 2.05) is 24.3 Å². The molecule has 20 heavy (non-hydrogen) atoms. The van der Waals surface area contributed by atoms with Crippen molar-refractivity contribution in [2.75, 3.05) is 20.0 Å². The van der Waals surface area contributed by atoms with Crippen LogP contribution in [0, 0.1) is 5.92 Å². The lowest BCUT2D eigenvalue weighted by atomic mass is 9.90. The molecule has 2 unspecified atom stereocenters. The van der Waals surface area contributed by atoms with Gasteiger partial charge in [0.1, 0.15) is 6.79 Å². The average Bonchev–Trinajstić information content (AvgIpc) is 2.47. The number of aliphatic hydroxyl groups excluding tert-OH is 1. The monoisotopic (exact) mass is 280 g/mol. The molecule has 0 aromatic heterocycles.